The largest absolute Gasteiger partial charge is 0.377 e. The summed E-state index contributed by atoms with van der Waals surface area (Å²) < 4.78 is 16.7. The van der Waals surface area contributed by atoms with E-state index in [0.29, 0.717) is 11.2 Å². The molecule has 0 bridgehead atoms. The van der Waals surface area contributed by atoms with Crippen molar-refractivity contribution in [2.75, 3.05) is 5.32 Å². The van der Waals surface area contributed by atoms with Crippen LogP contribution in [0.15, 0.2) is 22.9 Å². The monoisotopic (exact) mass is 354 g/mol. The summed E-state index contributed by atoms with van der Waals surface area (Å²) >= 11 is 3.38. The molecule has 3 atom stereocenters. The number of aromatic nitrogens is 2. The third kappa shape index (κ3) is 2.50. The summed E-state index contributed by atoms with van der Waals surface area (Å²) in [5.74, 6) is -0.554. The Morgan fingerprint density at radius 3 is 2.95 bits per heavy atom. The summed E-state index contributed by atoms with van der Waals surface area (Å²) in [6.07, 6.45) is 3.82. The number of fused-ring (bicyclic) bond motifs is 1. The van der Waals surface area contributed by atoms with Gasteiger partial charge >= 0.3 is 0 Å². The van der Waals surface area contributed by atoms with Gasteiger partial charge < -0.3 is 11.1 Å². The van der Waals surface area contributed by atoms with E-state index in [1.165, 1.54) is 6.20 Å². The zero-order chi connectivity index (χ0) is 15.1. The van der Waals surface area contributed by atoms with E-state index in [2.05, 4.69) is 26.3 Å². The van der Waals surface area contributed by atoms with Crippen molar-refractivity contribution in [2.45, 2.75) is 32.0 Å². The lowest BCUT2D eigenvalue weighted by Crippen LogP contribution is -2.29. The van der Waals surface area contributed by atoms with Gasteiger partial charge in [-0.15, -0.1) is 0 Å². The van der Waals surface area contributed by atoms with Crippen LogP contribution in [0.3, 0.4) is 0 Å². The summed E-state index contributed by atoms with van der Waals surface area (Å²) in [6.45, 7) is 1.90. The maximum absolute atomic E-state index is 14.2. The predicted octanol–water partition coefficient (Wildman–Crippen LogP) is 2.74. The Morgan fingerprint density at radius 2 is 2.33 bits per heavy atom. The normalized spacial score (nSPS) is 25.4. The van der Waals surface area contributed by atoms with Crippen LogP contribution in [-0.4, -0.2) is 27.7 Å². The predicted molar refractivity (Wildman–Crippen MR) is 82.1 cm³/mol. The van der Waals surface area contributed by atoms with Gasteiger partial charge in [0.05, 0.1) is 29.0 Å². The van der Waals surface area contributed by atoms with Crippen LogP contribution in [0.2, 0.25) is 0 Å². The van der Waals surface area contributed by atoms with Crippen LogP contribution in [0.5, 0.6) is 0 Å². The first-order valence-electron chi connectivity index (χ1n) is 6.84. The van der Waals surface area contributed by atoms with Gasteiger partial charge in [0.2, 0.25) is 0 Å². The maximum Gasteiger partial charge on any atom is 0.252 e. The van der Waals surface area contributed by atoms with E-state index in [1.807, 2.05) is 13.0 Å². The third-order valence-corrected chi connectivity index (χ3v) is 4.49. The zero-order valence-corrected chi connectivity index (χ0v) is 13.1. The van der Waals surface area contributed by atoms with Crippen molar-refractivity contribution in [3.8, 4) is 0 Å². The molecular weight excluding hydrogens is 339 g/mol. The van der Waals surface area contributed by atoms with Gasteiger partial charge in [-0.3, -0.25) is 4.79 Å². The standard InChI is InChI=1S/C14H16BrFN4O/c1-7-2-3-10(12(7)16)19-13-9(14(17)21)5-18-20-6-8(15)4-11(13)20/h4-7,10,12,19H,2-3H2,1H3,(H2,17,21)/t7-,10+,12-/m0/s1. The molecule has 0 radical (unpaired) electrons. The van der Waals surface area contributed by atoms with E-state index in [-0.39, 0.29) is 17.5 Å². The van der Waals surface area contributed by atoms with E-state index in [4.69, 9.17) is 5.73 Å². The molecule has 2 aromatic heterocycles. The van der Waals surface area contributed by atoms with E-state index in [1.54, 1.807) is 10.7 Å². The number of rotatable bonds is 3. The minimum Gasteiger partial charge on any atom is -0.377 e. The first-order valence-corrected chi connectivity index (χ1v) is 7.64. The molecule has 0 aliphatic heterocycles. The summed E-state index contributed by atoms with van der Waals surface area (Å²) in [7, 11) is 0. The highest BCUT2D eigenvalue weighted by atomic mass is 79.9. The molecule has 0 aromatic carbocycles. The molecule has 1 saturated carbocycles. The van der Waals surface area contributed by atoms with Gasteiger partial charge in [-0.05, 0) is 40.8 Å². The molecule has 5 nitrogen and oxygen atoms in total. The molecule has 112 valence electrons. The van der Waals surface area contributed by atoms with Crippen LogP contribution < -0.4 is 11.1 Å². The van der Waals surface area contributed by atoms with E-state index < -0.39 is 12.1 Å². The molecule has 1 fully saturated rings. The lowest BCUT2D eigenvalue weighted by atomic mass is 10.1. The van der Waals surface area contributed by atoms with E-state index in [0.717, 1.165) is 17.3 Å². The molecular formula is C14H16BrFN4O. The minimum atomic E-state index is -0.933. The molecule has 21 heavy (non-hydrogen) atoms. The van der Waals surface area contributed by atoms with Crippen molar-refractivity contribution < 1.29 is 9.18 Å². The SMILES string of the molecule is C[C@H]1CC[C@@H](Nc2c(C(N)=O)cnn3cc(Br)cc23)[C@H]1F. The number of hydrogen-bond donors (Lipinski definition) is 2. The van der Waals surface area contributed by atoms with Gasteiger partial charge in [-0.2, -0.15) is 5.10 Å². The van der Waals surface area contributed by atoms with Crippen LogP contribution >= 0.6 is 15.9 Å². The molecule has 3 N–H and O–H groups in total. The average Bonchev–Trinajstić information content (AvgIpc) is 2.95. The molecule has 0 saturated heterocycles. The molecule has 3 rings (SSSR count). The van der Waals surface area contributed by atoms with Crippen molar-refractivity contribution in [2.24, 2.45) is 11.7 Å². The smallest absolute Gasteiger partial charge is 0.252 e. The summed E-state index contributed by atoms with van der Waals surface area (Å²) in [5, 5.41) is 7.31. The van der Waals surface area contributed by atoms with Gasteiger partial charge in [0.25, 0.3) is 5.91 Å². The fourth-order valence-corrected chi connectivity index (χ4v) is 3.27. The molecule has 1 amide bonds. The average molecular weight is 355 g/mol. The van der Waals surface area contributed by atoms with Crippen LogP contribution in [0.4, 0.5) is 10.1 Å². The molecule has 2 aromatic rings. The van der Waals surface area contributed by atoms with Crippen molar-refractivity contribution >= 4 is 33.0 Å². The second-order valence-corrected chi connectivity index (χ2v) is 6.45. The Hall–Kier alpha value is -1.63. The molecule has 0 spiro atoms. The molecule has 0 unspecified atom stereocenters. The highest BCUT2D eigenvalue weighted by molar-refractivity contribution is 9.10. The number of carbonyl (C=O) groups is 1. The number of hydrogen-bond acceptors (Lipinski definition) is 3. The molecule has 7 heteroatoms. The Kier molecular flexibility index (Phi) is 3.61. The topological polar surface area (TPSA) is 72.4 Å². The number of primary amides is 1. The lowest BCUT2D eigenvalue weighted by Gasteiger charge is -2.20. The zero-order valence-electron chi connectivity index (χ0n) is 11.5. The van der Waals surface area contributed by atoms with Crippen LogP contribution in [0.1, 0.15) is 30.1 Å². The number of halogens is 2. The number of carbonyl (C=O) groups excluding carboxylic acids is 1. The van der Waals surface area contributed by atoms with Crippen molar-refractivity contribution in [3.05, 3.63) is 28.5 Å². The van der Waals surface area contributed by atoms with Gasteiger partial charge in [-0.25, -0.2) is 8.91 Å². The number of nitrogens with two attached hydrogens (primary N) is 1. The number of anilines is 1. The Morgan fingerprint density at radius 1 is 1.57 bits per heavy atom. The number of alkyl halides is 1. The third-order valence-electron chi connectivity index (χ3n) is 4.06. The molecule has 1 aliphatic carbocycles. The first kappa shape index (κ1) is 14.3. The fraction of sp³-hybridized carbons (Fsp3) is 0.429. The van der Waals surface area contributed by atoms with Crippen LogP contribution in [-0.2, 0) is 0 Å². The maximum atomic E-state index is 14.2. The van der Waals surface area contributed by atoms with Gasteiger partial charge in [0.15, 0.2) is 0 Å². The van der Waals surface area contributed by atoms with E-state index >= 15 is 0 Å². The van der Waals surface area contributed by atoms with Crippen LogP contribution in [0.25, 0.3) is 5.52 Å². The Bertz CT molecular complexity index is 702. The molecule has 1 aliphatic rings. The fourth-order valence-electron chi connectivity index (χ4n) is 2.86. The minimum absolute atomic E-state index is 0.0240. The highest BCUT2D eigenvalue weighted by Crippen LogP contribution is 2.33. The Labute approximate surface area is 129 Å². The second-order valence-electron chi connectivity index (χ2n) is 5.54. The van der Waals surface area contributed by atoms with Crippen LogP contribution in [0, 0.1) is 5.92 Å². The van der Waals surface area contributed by atoms with Crippen molar-refractivity contribution in [1.82, 2.24) is 9.61 Å². The first-order chi connectivity index (χ1) is 9.97. The van der Waals surface area contributed by atoms with Gasteiger partial charge in [-0.1, -0.05) is 6.92 Å². The summed E-state index contributed by atoms with van der Waals surface area (Å²) in [6, 6.07) is 1.52. The number of amides is 1. The summed E-state index contributed by atoms with van der Waals surface area (Å²) in [4.78, 5) is 11.6. The quantitative estimate of drug-likeness (QED) is 0.889. The number of nitrogens with one attached hydrogen (secondary N) is 1. The Balaban J connectivity index is 2.06. The summed E-state index contributed by atoms with van der Waals surface area (Å²) in [5.41, 5.74) is 6.94. The second kappa shape index (κ2) is 5.29. The van der Waals surface area contributed by atoms with Crippen molar-refractivity contribution in [3.63, 3.8) is 0 Å². The van der Waals surface area contributed by atoms with E-state index in [9.17, 15) is 9.18 Å². The van der Waals surface area contributed by atoms with Gasteiger partial charge in [0.1, 0.15) is 6.17 Å². The van der Waals surface area contributed by atoms with Crippen molar-refractivity contribution in [1.29, 1.82) is 0 Å². The van der Waals surface area contributed by atoms with Gasteiger partial charge in [0, 0.05) is 10.7 Å². The number of nitrogens with zero attached hydrogens (tertiary/aromatic N) is 2. The highest BCUT2D eigenvalue weighted by Gasteiger charge is 2.34. The molecule has 2 heterocycles. The lowest BCUT2D eigenvalue weighted by molar-refractivity contribution is 0.100.